The number of amides is 1. The molecule has 0 radical (unpaired) electrons. The first kappa shape index (κ1) is 17.7. The number of ether oxygens (including phenoxy) is 1. The van der Waals surface area contributed by atoms with Crippen LogP contribution in [-0.4, -0.2) is 42.9 Å². The Morgan fingerprint density at radius 1 is 1.30 bits per heavy atom. The second-order valence-corrected chi connectivity index (χ2v) is 6.93. The zero-order valence-corrected chi connectivity index (χ0v) is 14.3. The minimum absolute atomic E-state index is 0.103. The molecular formula is C18H29N3O2. The third-order valence-corrected chi connectivity index (χ3v) is 5.09. The third kappa shape index (κ3) is 4.67. The molecule has 0 saturated heterocycles. The number of nitrogens with one attached hydrogen (secondary N) is 1. The Balaban J connectivity index is 1.85. The summed E-state index contributed by atoms with van der Waals surface area (Å²) < 4.78 is 5.84. The Bertz CT molecular complexity index is 502. The van der Waals surface area contributed by atoms with Crippen LogP contribution in [0.4, 0.5) is 0 Å². The van der Waals surface area contributed by atoms with Gasteiger partial charge in [0.2, 0.25) is 11.8 Å². The summed E-state index contributed by atoms with van der Waals surface area (Å²) >= 11 is 0. The maximum atomic E-state index is 11.4. The minimum Gasteiger partial charge on any atom is -0.474 e. The van der Waals surface area contributed by atoms with Crippen LogP contribution in [-0.2, 0) is 9.53 Å². The van der Waals surface area contributed by atoms with Crippen LogP contribution in [0.1, 0.15) is 44.9 Å². The first-order valence-electron chi connectivity index (χ1n) is 8.48. The predicted molar refractivity (Wildman–Crippen MR) is 92.3 cm³/mol. The SMILES string of the molecule is C=C(C(=N)OC1CCC(N(C)C)CC1)C1=CCC[C@H](C(N)=O)C1. The van der Waals surface area contributed by atoms with Gasteiger partial charge in [-0.2, -0.15) is 0 Å². The number of hydrogen-bond acceptors (Lipinski definition) is 4. The van der Waals surface area contributed by atoms with Gasteiger partial charge in [-0.1, -0.05) is 12.7 Å². The third-order valence-electron chi connectivity index (χ3n) is 5.09. The quantitative estimate of drug-likeness (QED) is 0.604. The molecule has 128 valence electrons. The topological polar surface area (TPSA) is 79.4 Å². The average Bonchev–Trinajstić information content (AvgIpc) is 2.54. The molecule has 1 saturated carbocycles. The number of carbonyl (C=O) groups excluding carboxylic acids is 1. The molecule has 2 rings (SSSR count). The molecule has 0 heterocycles. The van der Waals surface area contributed by atoms with Gasteiger partial charge in [0.05, 0.1) is 0 Å². The van der Waals surface area contributed by atoms with Gasteiger partial charge >= 0.3 is 0 Å². The molecule has 1 atom stereocenters. The zero-order chi connectivity index (χ0) is 17.0. The molecule has 0 aromatic rings. The Kier molecular flexibility index (Phi) is 5.99. The number of allylic oxidation sites excluding steroid dienone is 1. The lowest BCUT2D eigenvalue weighted by molar-refractivity contribution is -0.122. The molecule has 0 unspecified atom stereocenters. The summed E-state index contributed by atoms with van der Waals surface area (Å²) in [6.07, 6.45) is 8.48. The van der Waals surface area contributed by atoms with Crippen LogP contribution in [0.2, 0.25) is 0 Å². The van der Waals surface area contributed by atoms with Crippen LogP contribution < -0.4 is 5.73 Å². The van der Waals surface area contributed by atoms with E-state index in [1.807, 2.05) is 0 Å². The van der Waals surface area contributed by atoms with Gasteiger partial charge in [0.1, 0.15) is 6.10 Å². The second-order valence-electron chi connectivity index (χ2n) is 6.93. The normalized spacial score (nSPS) is 28.1. The molecule has 5 nitrogen and oxygen atoms in total. The van der Waals surface area contributed by atoms with Crippen molar-refractivity contribution in [1.29, 1.82) is 5.41 Å². The van der Waals surface area contributed by atoms with Crippen molar-refractivity contribution >= 4 is 11.8 Å². The van der Waals surface area contributed by atoms with Crippen molar-refractivity contribution in [3.8, 4) is 0 Å². The lowest BCUT2D eigenvalue weighted by Gasteiger charge is -2.33. The highest BCUT2D eigenvalue weighted by molar-refractivity contribution is 5.95. The van der Waals surface area contributed by atoms with E-state index in [0.29, 0.717) is 18.0 Å². The first-order chi connectivity index (χ1) is 10.9. The lowest BCUT2D eigenvalue weighted by atomic mass is 9.85. The van der Waals surface area contributed by atoms with Gasteiger partial charge in [0, 0.05) is 17.5 Å². The van der Waals surface area contributed by atoms with Crippen molar-refractivity contribution in [1.82, 2.24) is 4.90 Å². The van der Waals surface area contributed by atoms with E-state index in [0.717, 1.165) is 44.1 Å². The molecule has 0 spiro atoms. The van der Waals surface area contributed by atoms with Crippen LogP contribution in [0.25, 0.3) is 0 Å². The maximum absolute atomic E-state index is 11.4. The highest BCUT2D eigenvalue weighted by atomic mass is 16.5. The molecule has 0 aromatic carbocycles. The van der Waals surface area contributed by atoms with Crippen LogP contribution in [0, 0.1) is 11.3 Å². The van der Waals surface area contributed by atoms with Gasteiger partial charge in [-0.3, -0.25) is 10.2 Å². The molecule has 0 bridgehead atoms. The van der Waals surface area contributed by atoms with E-state index < -0.39 is 0 Å². The van der Waals surface area contributed by atoms with E-state index in [1.54, 1.807) is 0 Å². The molecule has 5 heteroatoms. The maximum Gasteiger partial charge on any atom is 0.220 e. The van der Waals surface area contributed by atoms with Crippen molar-refractivity contribution in [2.45, 2.75) is 57.1 Å². The largest absolute Gasteiger partial charge is 0.474 e. The zero-order valence-electron chi connectivity index (χ0n) is 14.3. The van der Waals surface area contributed by atoms with Gasteiger partial charge in [-0.15, -0.1) is 0 Å². The summed E-state index contributed by atoms with van der Waals surface area (Å²) in [5.41, 5.74) is 6.95. The smallest absolute Gasteiger partial charge is 0.220 e. The molecule has 2 aliphatic carbocycles. The summed E-state index contributed by atoms with van der Waals surface area (Å²) in [7, 11) is 4.22. The summed E-state index contributed by atoms with van der Waals surface area (Å²) in [5, 5.41) is 8.19. The first-order valence-corrected chi connectivity index (χ1v) is 8.48. The van der Waals surface area contributed by atoms with E-state index in [2.05, 4.69) is 31.7 Å². The number of hydrogen-bond donors (Lipinski definition) is 2. The van der Waals surface area contributed by atoms with Gasteiger partial charge in [0.15, 0.2) is 0 Å². The average molecular weight is 319 g/mol. The van der Waals surface area contributed by atoms with Crippen LogP contribution >= 0.6 is 0 Å². The van der Waals surface area contributed by atoms with Crippen molar-refractivity contribution in [2.24, 2.45) is 11.7 Å². The van der Waals surface area contributed by atoms with E-state index in [9.17, 15) is 4.79 Å². The van der Waals surface area contributed by atoms with Crippen molar-refractivity contribution < 1.29 is 9.53 Å². The van der Waals surface area contributed by atoms with Crippen LogP contribution in [0.5, 0.6) is 0 Å². The number of nitrogens with two attached hydrogens (primary N) is 1. The van der Waals surface area contributed by atoms with Gasteiger partial charge in [0.25, 0.3) is 0 Å². The van der Waals surface area contributed by atoms with Crippen LogP contribution in [0.15, 0.2) is 23.8 Å². The van der Waals surface area contributed by atoms with Crippen molar-refractivity contribution in [2.75, 3.05) is 14.1 Å². The summed E-state index contributed by atoms with van der Waals surface area (Å²) in [4.78, 5) is 13.6. The summed E-state index contributed by atoms with van der Waals surface area (Å²) in [6.45, 7) is 4.00. The molecule has 3 N–H and O–H groups in total. The monoisotopic (exact) mass is 319 g/mol. The van der Waals surface area contributed by atoms with Gasteiger partial charge in [-0.25, -0.2) is 0 Å². The number of carbonyl (C=O) groups is 1. The summed E-state index contributed by atoms with van der Waals surface area (Å²) in [5.74, 6) is -0.261. The molecule has 2 aliphatic rings. The van der Waals surface area contributed by atoms with E-state index in [4.69, 9.17) is 15.9 Å². The Morgan fingerprint density at radius 2 is 1.96 bits per heavy atom. The van der Waals surface area contributed by atoms with Gasteiger partial charge in [-0.05, 0) is 64.6 Å². The van der Waals surface area contributed by atoms with Crippen LogP contribution in [0.3, 0.4) is 0 Å². The second kappa shape index (κ2) is 7.77. The predicted octanol–water partition coefficient (Wildman–Crippen LogP) is 2.62. The fraction of sp³-hybridized carbons (Fsp3) is 0.667. The Morgan fingerprint density at radius 3 is 2.52 bits per heavy atom. The molecule has 0 aliphatic heterocycles. The Hall–Kier alpha value is -1.62. The molecule has 1 amide bonds. The van der Waals surface area contributed by atoms with E-state index in [1.165, 1.54) is 0 Å². The van der Waals surface area contributed by atoms with Gasteiger partial charge < -0.3 is 15.4 Å². The lowest BCUT2D eigenvalue weighted by Crippen LogP contribution is -2.35. The summed E-state index contributed by atoms with van der Waals surface area (Å²) in [6, 6.07) is 0.615. The fourth-order valence-electron chi connectivity index (χ4n) is 3.46. The van der Waals surface area contributed by atoms with Crippen molar-refractivity contribution in [3.63, 3.8) is 0 Å². The molecular weight excluding hydrogens is 290 g/mol. The number of primary amides is 1. The number of nitrogens with zero attached hydrogens (tertiary/aromatic N) is 1. The highest BCUT2D eigenvalue weighted by Crippen LogP contribution is 2.30. The standard InChI is InChI=1S/C18H29N3O2/c1-12(13-5-4-6-14(11-13)17(19)22)18(20)23-16-9-7-15(8-10-16)21(2)3/h5,14-16,20H,1,4,6-11H2,2-3H3,(H2,19,22)/t14-,15?,16?/m0/s1. The highest BCUT2D eigenvalue weighted by Gasteiger charge is 2.27. The fourth-order valence-corrected chi connectivity index (χ4v) is 3.46. The molecule has 0 aromatic heterocycles. The van der Waals surface area contributed by atoms with E-state index in [-0.39, 0.29) is 23.8 Å². The molecule has 23 heavy (non-hydrogen) atoms. The number of rotatable bonds is 5. The minimum atomic E-state index is -0.266. The van der Waals surface area contributed by atoms with E-state index >= 15 is 0 Å². The Labute approximate surface area is 139 Å². The molecule has 1 fully saturated rings. The van der Waals surface area contributed by atoms with Crippen molar-refractivity contribution in [3.05, 3.63) is 23.8 Å².